The molecule has 1 fully saturated rings. The first-order valence-electron chi connectivity index (χ1n) is 10.1. The Balaban J connectivity index is 1.36. The van der Waals surface area contributed by atoms with Crippen LogP contribution in [0.15, 0.2) is 72.8 Å². The highest BCUT2D eigenvalue weighted by molar-refractivity contribution is 6.03. The third kappa shape index (κ3) is 3.20. The van der Waals surface area contributed by atoms with E-state index in [4.69, 9.17) is 9.47 Å². The number of rotatable bonds is 2. The summed E-state index contributed by atoms with van der Waals surface area (Å²) in [6.45, 7) is 2.89. The minimum Gasteiger partial charge on any atom is -0.497 e. The highest BCUT2D eigenvalue weighted by Gasteiger charge is 2.33. The lowest BCUT2D eigenvalue weighted by atomic mass is 10.1. The van der Waals surface area contributed by atoms with Gasteiger partial charge in [-0.25, -0.2) is 4.79 Å². The summed E-state index contributed by atoms with van der Waals surface area (Å²) in [7, 11) is 1.67. The Bertz CT molecular complexity index is 1010. The molecule has 0 saturated carbocycles. The Morgan fingerprint density at radius 3 is 1.93 bits per heavy atom. The van der Waals surface area contributed by atoms with Crippen molar-refractivity contribution in [3.63, 3.8) is 0 Å². The first-order valence-corrected chi connectivity index (χ1v) is 10.1. The van der Waals surface area contributed by atoms with Crippen LogP contribution in [0, 0.1) is 0 Å². The summed E-state index contributed by atoms with van der Waals surface area (Å²) in [4.78, 5) is 19.6. The fourth-order valence-corrected chi connectivity index (χ4v) is 4.00. The molecule has 0 N–H and O–H groups in total. The Hall–Kier alpha value is -3.67. The van der Waals surface area contributed by atoms with Crippen LogP contribution in [0.4, 0.5) is 21.9 Å². The molecule has 30 heavy (non-hydrogen) atoms. The summed E-state index contributed by atoms with van der Waals surface area (Å²) in [5, 5.41) is 0. The van der Waals surface area contributed by atoms with Gasteiger partial charge in [0.05, 0.1) is 18.5 Å². The van der Waals surface area contributed by atoms with Crippen molar-refractivity contribution in [2.45, 2.75) is 0 Å². The number of piperazine rings is 1. The fourth-order valence-electron chi connectivity index (χ4n) is 4.00. The fraction of sp³-hybridized carbons (Fsp3) is 0.208. The van der Waals surface area contributed by atoms with Gasteiger partial charge < -0.3 is 19.3 Å². The zero-order chi connectivity index (χ0) is 20.5. The van der Waals surface area contributed by atoms with Crippen LogP contribution in [-0.4, -0.2) is 44.2 Å². The number of benzene rings is 3. The predicted octanol–water partition coefficient (Wildman–Crippen LogP) is 4.88. The summed E-state index contributed by atoms with van der Waals surface area (Å²) in [6, 6.07) is 23.4. The van der Waals surface area contributed by atoms with E-state index in [0.717, 1.165) is 35.9 Å². The topological polar surface area (TPSA) is 45.2 Å². The molecule has 2 aliphatic rings. The van der Waals surface area contributed by atoms with Crippen molar-refractivity contribution >= 4 is 23.1 Å². The van der Waals surface area contributed by atoms with Gasteiger partial charge in [-0.15, -0.1) is 0 Å². The minimum atomic E-state index is -0.0208. The van der Waals surface area contributed by atoms with Crippen molar-refractivity contribution in [1.82, 2.24) is 4.90 Å². The van der Waals surface area contributed by atoms with Gasteiger partial charge in [-0.05, 0) is 48.5 Å². The molecule has 6 nitrogen and oxygen atoms in total. The second-order valence-electron chi connectivity index (χ2n) is 7.33. The number of fused-ring (bicyclic) bond motifs is 2. The lowest BCUT2D eigenvalue weighted by molar-refractivity contribution is 0.203. The minimum absolute atomic E-state index is 0.0208. The number of nitrogens with zero attached hydrogens (tertiary/aromatic N) is 3. The molecular weight excluding hydrogens is 378 g/mol. The third-order valence-corrected chi connectivity index (χ3v) is 5.61. The van der Waals surface area contributed by atoms with Gasteiger partial charge in [0.2, 0.25) is 0 Å². The van der Waals surface area contributed by atoms with E-state index in [2.05, 4.69) is 17.0 Å². The summed E-state index contributed by atoms with van der Waals surface area (Å²) < 4.78 is 11.3. The van der Waals surface area contributed by atoms with E-state index in [1.54, 1.807) is 12.0 Å². The maximum absolute atomic E-state index is 13.6. The molecule has 2 aliphatic heterocycles. The number of hydrogen-bond donors (Lipinski definition) is 0. The SMILES string of the molecule is COc1ccc(N2CCN(C(=O)N3c4ccccc4Oc4ccccc43)CC2)cc1. The van der Waals surface area contributed by atoms with Gasteiger partial charge in [-0.1, -0.05) is 24.3 Å². The van der Waals surface area contributed by atoms with Gasteiger partial charge in [-0.3, -0.25) is 4.90 Å². The molecule has 0 spiro atoms. The second kappa shape index (κ2) is 7.63. The number of para-hydroxylation sites is 4. The molecule has 0 radical (unpaired) electrons. The molecule has 5 rings (SSSR count). The molecule has 2 amide bonds. The standard InChI is InChI=1S/C24H23N3O3/c1-29-19-12-10-18(11-13-19)25-14-16-26(17-15-25)24(28)27-20-6-2-4-8-22(20)30-23-9-5-3-7-21(23)27/h2-13H,14-17H2,1H3. The summed E-state index contributed by atoms with van der Waals surface area (Å²) in [6.07, 6.45) is 0. The Morgan fingerprint density at radius 2 is 1.37 bits per heavy atom. The number of ether oxygens (including phenoxy) is 2. The van der Waals surface area contributed by atoms with Crippen molar-refractivity contribution in [3.05, 3.63) is 72.8 Å². The number of carbonyl (C=O) groups excluding carboxylic acids is 1. The maximum Gasteiger partial charge on any atom is 0.329 e. The molecule has 3 aromatic rings. The average molecular weight is 401 g/mol. The molecule has 2 heterocycles. The first kappa shape index (κ1) is 18.4. The average Bonchev–Trinajstić information content (AvgIpc) is 2.82. The van der Waals surface area contributed by atoms with E-state index in [-0.39, 0.29) is 6.03 Å². The van der Waals surface area contributed by atoms with Crippen molar-refractivity contribution in [1.29, 1.82) is 0 Å². The van der Waals surface area contributed by atoms with Crippen LogP contribution in [0.25, 0.3) is 0 Å². The van der Waals surface area contributed by atoms with Crippen molar-refractivity contribution in [2.75, 3.05) is 43.1 Å². The Morgan fingerprint density at radius 1 is 0.800 bits per heavy atom. The highest BCUT2D eigenvalue weighted by atomic mass is 16.5. The molecule has 0 aliphatic carbocycles. The predicted molar refractivity (Wildman–Crippen MR) is 117 cm³/mol. The van der Waals surface area contributed by atoms with E-state index in [1.165, 1.54) is 0 Å². The maximum atomic E-state index is 13.6. The van der Waals surface area contributed by atoms with E-state index < -0.39 is 0 Å². The lowest BCUT2D eigenvalue weighted by Gasteiger charge is -2.40. The van der Waals surface area contributed by atoms with Gasteiger partial charge >= 0.3 is 6.03 Å². The molecule has 3 aromatic carbocycles. The summed E-state index contributed by atoms with van der Waals surface area (Å²) in [5.74, 6) is 2.24. The van der Waals surface area contributed by atoms with Crippen LogP contribution in [0.1, 0.15) is 0 Å². The molecule has 1 saturated heterocycles. The van der Waals surface area contributed by atoms with Crippen molar-refractivity contribution in [2.24, 2.45) is 0 Å². The van der Waals surface area contributed by atoms with Crippen LogP contribution in [-0.2, 0) is 0 Å². The Kier molecular flexibility index (Phi) is 4.67. The molecule has 152 valence electrons. The van der Waals surface area contributed by atoms with Crippen LogP contribution in [0.3, 0.4) is 0 Å². The number of carbonyl (C=O) groups is 1. The molecule has 6 heteroatoms. The van der Waals surface area contributed by atoms with Crippen LogP contribution < -0.4 is 19.3 Å². The van der Waals surface area contributed by atoms with Gasteiger partial charge in [0.1, 0.15) is 5.75 Å². The smallest absolute Gasteiger partial charge is 0.329 e. The second-order valence-corrected chi connectivity index (χ2v) is 7.33. The zero-order valence-corrected chi connectivity index (χ0v) is 16.8. The monoisotopic (exact) mass is 401 g/mol. The quantitative estimate of drug-likeness (QED) is 0.614. The van der Waals surface area contributed by atoms with Crippen LogP contribution in [0.2, 0.25) is 0 Å². The first-order chi connectivity index (χ1) is 14.7. The van der Waals surface area contributed by atoms with E-state index in [1.807, 2.05) is 65.6 Å². The third-order valence-electron chi connectivity index (χ3n) is 5.61. The molecular formula is C24H23N3O3. The van der Waals surface area contributed by atoms with Crippen LogP contribution in [0.5, 0.6) is 17.2 Å². The molecule has 0 unspecified atom stereocenters. The number of urea groups is 1. The van der Waals surface area contributed by atoms with Crippen molar-refractivity contribution in [3.8, 4) is 17.2 Å². The molecule has 0 aromatic heterocycles. The zero-order valence-electron chi connectivity index (χ0n) is 16.8. The summed E-state index contributed by atoms with van der Waals surface area (Å²) >= 11 is 0. The number of amides is 2. The van der Waals surface area contributed by atoms with Crippen LogP contribution >= 0.6 is 0 Å². The highest BCUT2D eigenvalue weighted by Crippen LogP contribution is 2.46. The van der Waals surface area contributed by atoms with Gasteiger partial charge in [-0.2, -0.15) is 0 Å². The van der Waals surface area contributed by atoms with Gasteiger partial charge in [0.25, 0.3) is 0 Å². The Labute approximate surface area is 175 Å². The molecule has 0 atom stereocenters. The largest absolute Gasteiger partial charge is 0.497 e. The summed E-state index contributed by atoms with van der Waals surface area (Å²) in [5.41, 5.74) is 2.70. The number of hydrogen-bond acceptors (Lipinski definition) is 4. The normalized spacial score (nSPS) is 15.2. The number of anilines is 3. The van der Waals surface area contributed by atoms with Crippen molar-refractivity contribution < 1.29 is 14.3 Å². The van der Waals surface area contributed by atoms with E-state index >= 15 is 0 Å². The lowest BCUT2D eigenvalue weighted by Crippen LogP contribution is -2.52. The van der Waals surface area contributed by atoms with E-state index in [0.29, 0.717) is 24.6 Å². The molecule has 0 bridgehead atoms. The van der Waals surface area contributed by atoms with E-state index in [9.17, 15) is 4.79 Å². The van der Waals surface area contributed by atoms with Gasteiger partial charge in [0, 0.05) is 31.9 Å². The van der Waals surface area contributed by atoms with Gasteiger partial charge in [0.15, 0.2) is 11.5 Å². The number of methoxy groups -OCH3 is 1.